The van der Waals surface area contributed by atoms with Crippen molar-refractivity contribution in [3.8, 4) is 0 Å². The molecular formula is C21H24O11S. The zero-order chi connectivity index (χ0) is 23.4. The van der Waals surface area contributed by atoms with Crippen LogP contribution in [0.3, 0.4) is 0 Å². The molecule has 4 saturated carbocycles. The van der Waals surface area contributed by atoms with Crippen molar-refractivity contribution in [1.82, 2.24) is 0 Å². The smallest absolute Gasteiger partial charge is 0.327 e. The molecule has 0 spiro atoms. The topological polar surface area (TPSA) is 160 Å². The molecule has 0 amide bonds. The molecule has 11 nitrogen and oxygen atoms in total. The summed E-state index contributed by atoms with van der Waals surface area (Å²) in [5.74, 6) is -5.46. The summed E-state index contributed by atoms with van der Waals surface area (Å²) in [6, 6.07) is 0. The van der Waals surface area contributed by atoms with Gasteiger partial charge in [0.25, 0.3) is 15.9 Å². The third-order valence-corrected chi connectivity index (χ3v) is 9.94. The predicted molar refractivity (Wildman–Crippen MR) is 103 cm³/mol. The molecule has 6 rings (SSSR count). The van der Waals surface area contributed by atoms with Crippen molar-refractivity contribution < 1.29 is 51.1 Å². The quantitative estimate of drug-likeness (QED) is 0.312. The second kappa shape index (κ2) is 6.68. The third-order valence-electron chi connectivity index (χ3n) is 8.86. The minimum absolute atomic E-state index is 0.0710. The van der Waals surface area contributed by atoms with Crippen LogP contribution in [0.2, 0.25) is 0 Å². The van der Waals surface area contributed by atoms with E-state index in [1.807, 2.05) is 6.92 Å². The minimum Gasteiger partial charge on any atom is -0.458 e. The average molecular weight is 484 g/mol. The van der Waals surface area contributed by atoms with Crippen LogP contribution in [-0.2, 0) is 48.2 Å². The van der Waals surface area contributed by atoms with Crippen LogP contribution < -0.4 is 0 Å². The Bertz CT molecular complexity index is 1070. The molecule has 0 radical (unpaired) electrons. The summed E-state index contributed by atoms with van der Waals surface area (Å²) >= 11 is 0. The number of ether oxygens (including phenoxy) is 4. The summed E-state index contributed by atoms with van der Waals surface area (Å²) in [6.45, 7) is 1.96. The highest BCUT2D eigenvalue weighted by Gasteiger charge is 2.71. The van der Waals surface area contributed by atoms with Gasteiger partial charge in [-0.1, -0.05) is 6.92 Å². The maximum atomic E-state index is 12.7. The normalized spacial score (nSPS) is 46.9. The molecule has 1 N–H and O–H groups in total. The molecule has 2 saturated heterocycles. The summed E-state index contributed by atoms with van der Waals surface area (Å²) in [5.41, 5.74) is 0. The number of carbonyl (C=O) groups is 4. The maximum absolute atomic E-state index is 12.7. The molecule has 4 aliphatic carbocycles. The zero-order valence-corrected chi connectivity index (χ0v) is 18.6. The van der Waals surface area contributed by atoms with E-state index in [4.69, 9.17) is 18.9 Å². The fourth-order valence-corrected chi connectivity index (χ4v) is 8.17. The van der Waals surface area contributed by atoms with E-state index in [9.17, 15) is 32.1 Å². The lowest BCUT2D eigenvalue weighted by Crippen LogP contribution is -2.44. The molecule has 10 unspecified atom stereocenters. The molecule has 6 aliphatic rings. The zero-order valence-electron chi connectivity index (χ0n) is 17.7. The molecule has 33 heavy (non-hydrogen) atoms. The van der Waals surface area contributed by atoms with Crippen LogP contribution in [-0.4, -0.2) is 60.1 Å². The van der Waals surface area contributed by atoms with Crippen LogP contribution in [0.4, 0.5) is 0 Å². The SMILES string of the molecule is C[C@H]1C2CC3C(=O)OC(OC(=O)CC(C(=O)OC4C5CC6C(=O)OC4C6C5)S(=O)(=O)O)(C2)C31. The Labute approximate surface area is 189 Å². The molecular weight excluding hydrogens is 460 g/mol. The number of hydrogen-bond donors (Lipinski definition) is 1. The largest absolute Gasteiger partial charge is 0.458 e. The third kappa shape index (κ3) is 2.92. The minimum atomic E-state index is -5.01. The molecule has 0 aromatic rings. The van der Waals surface area contributed by atoms with Crippen LogP contribution >= 0.6 is 0 Å². The van der Waals surface area contributed by atoms with Gasteiger partial charge < -0.3 is 18.9 Å². The summed E-state index contributed by atoms with van der Waals surface area (Å²) in [6.07, 6.45) is -0.315. The van der Waals surface area contributed by atoms with Gasteiger partial charge in [-0.15, -0.1) is 0 Å². The van der Waals surface area contributed by atoms with Crippen molar-refractivity contribution in [3.63, 3.8) is 0 Å². The van der Waals surface area contributed by atoms with Gasteiger partial charge in [0, 0.05) is 18.3 Å². The Morgan fingerprint density at radius 1 is 1.15 bits per heavy atom. The van der Waals surface area contributed by atoms with E-state index in [-0.39, 0.29) is 47.4 Å². The molecule has 2 aliphatic heterocycles. The summed E-state index contributed by atoms with van der Waals surface area (Å²) < 4.78 is 55.1. The number of rotatable bonds is 6. The Morgan fingerprint density at radius 3 is 2.58 bits per heavy atom. The average Bonchev–Trinajstić information content (AvgIpc) is 3.48. The van der Waals surface area contributed by atoms with Crippen molar-refractivity contribution in [2.45, 2.75) is 62.3 Å². The highest BCUT2D eigenvalue weighted by Crippen LogP contribution is 2.63. The molecule has 2 heterocycles. The first-order valence-corrected chi connectivity index (χ1v) is 12.8. The van der Waals surface area contributed by atoms with Gasteiger partial charge in [-0.05, 0) is 31.1 Å². The van der Waals surface area contributed by atoms with Crippen molar-refractivity contribution >= 4 is 34.0 Å². The van der Waals surface area contributed by atoms with Gasteiger partial charge in [0.15, 0.2) is 5.25 Å². The molecule has 12 heteroatoms. The molecule has 11 atom stereocenters. The van der Waals surface area contributed by atoms with Crippen molar-refractivity contribution in [2.75, 3.05) is 0 Å². The Hall–Kier alpha value is -2.21. The van der Waals surface area contributed by atoms with E-state index in [2.05, 4.69) is 0 Å². The first kappa shape index (κ1) is 21.3. The number of fused-ring (bicyclic) bond motifs is 2. The Kier molecular flexibility index (Phi) is 4.32. The number of hydrogen-bond acceptors (Lipinski definition) is 10. The lowest BCUT2D eigenvalue weighted by molar-refractivity contribution is -0.223. The van der Waals surface area contributed by atoms with Crippen molar-refractivity contribution in [3.05, 3.63) is 0 Å². The number of carbonyl (C=O) groups excluding carboxylic acids is 4. The van der Waals surface area contributed by atoms with Gasteiger partial charge in [0.05, 0.1) is 24.2 Å². The van der Waals surface area contributed by atoms with Gasteiger partial charge in [0.2, 0.25) is 0 Å². The highest BCUT2D eigenvalue weighted by atomic mass is 32.2. The van der Waals surface area contributed by atoms with Crippen LogP contribution in [0.1, 0.15) is 39.0 Å². The maximum Gasteiger partial charge on any atom is 0.327 e. The van der Waals surface area contributed by atoms with E-state index in [1.165, 1.54) is 0 Å². The standard InChI is InChI=1S/C21H24O11S/c1-7-9-4-12-15(7)21(6-9,32-19(12)24)31-14(22)5-13(33(26,27)28)20(25)29-16-8-2-10-11(3-8)18(23)30-17(10)16/h7-13,15-17H,2-6H2,1H3,(H,26,27,28)/t7-,8?,9?,10?,11?,12?,13?,15?,16?,17?,21?/m0/s1. The van der Waals surface area contributed by atoms with Crippen LogP contribution in [0, 0.1) is 41.4 Å². The Morgan fingerprint density at radius 2 is 1.88 bits per heavy atom. The van der Waals surface area contributed by atoms with Gasteiger partial charge >= 0.3 is 23.9 Å². The Balaban J connectivity index is 1.16. The van der Waals surface area contributed by atoms with Crippen LogP contribution in [0.15, 0.2) is 0 Å². The highest BCUT2D eigenvalue weighted by molar-refractivity contribution is 7.87. The van der Waals surface area contributed by atoms with E-state index in [1.54, 1.807) is 0 Å². The molecule has 0 aromatic carbocycles. The first-order chi connectivity index (χ1) is 15.5. The van der Waals surface area contributed by atoms with E-state index < -0.39 is 57.7 Å². The van der Waals surface area contributed by atoms with Gasteiger partial charge in [-0.25, -0.2) is 0 Å². The van der Waals surface area contributed by atoms with E-state index >= 15 is 0 Å². The molecule has 4 bridgehead atoms. The predicted octanol–water partition coefficient (Wildman–Crippen LogP) is 0.215. The van der Waals surface area contributed by atoms with Crippen molar-refractivity contribution in [1.29, 1.82) is 0 Å². The van der Waals surface area contributed by atoms with Crippen LogP contribution in [0.25, 0.3) is 0 Å². The molecule has 180 valence electrons. The van der Waals surface area contributed by atoms with Crippen molar-refractivity contribution in [2.24, 2.45) is 41.4 Å². The lowest BCUT2D eigenvalue weighted by Gasteiger charge is -2.30. The fraction of sp³-hybridized carbons (Fsp3) is 0.810. The molecule has 6 fully saturated rings. The monoisotopic (exact) mass is 484 g/mol. The van der Waals surface area contributed by atoms with E-state index in [0.717, 1.165) is 0 Å². The summed E-state index contributed by atoms with van der Waals surface area (Å²) in [7, 11) is -5.01. The molecule has 0 aromatic heterocycles. The lowest BCUT2D eigenvalue weighted by atomic mass is 9.86. The summed E-state index contributed by atoms with van der Waals surface area (Å²) in [4.78, 5) is 49.5. The van der Waals surface area contributed by atoms with E-state index in [0.29, 0.717) is 25.7 Å². The summed E-state index contributed by atoms with van der Waals surface area (Å²) in [5, 5.41) is -2.20. The van der Waals surface area contributed by atoms with Gasteiger partial charge in [0.1, 0.15) is 12.2 Å². The second-order valence-electron chi connectivity index (χ2n) is 10.4. The second-order valence-corrected chi connectivity index (χ2v) is 12.0. The van der Waals surface area contributed by atoms with Crippen LogP contribution in [0.5, 0.6) is 0 Å². The van der Waals surface area contributed by atoms with Gasteiger partial charge in [-0.3, -0.25) is 23.7 Å². The number of esters is 4. The fourth-order valence-electron chi connectivity index (χ4n) is 7.52. The van der Waals surface area contributed by atoms with Gasteiger partial charge in [-0.2, -0.15) is 8.42 Å². The first-order valence-electron chi connectivity index (χ1n) is 11.3.